The molecule has 0 radical (unpaired) electrons. The molecule has 0 amide bonds. The number of nitrogens with two attached hydrogens (primary N) is 1. The quantitative estimate of drug-likeness (QED) is 0.900. The molecule has 1 saturated carbocycles. The Morgan fingerprint density at radius 2 is 1.90 bits per heavy atom. The second-order valence-electron chi connectivity index (χ2n) is 7.80. The first-order chi connectivity index (χ1) is 9.36. The Bertz CT molecular complexity index is 423. The Morgan fingerprint density at radius 3 is 2.45 bits per heavy atom. The molecule has 4 nitrogen and oxygen atoms in total. The Balaban J connectivity index is 2.09. The fourth-order valence-corrected chi connectivity index (χ4v) is 3.17. The van der Waals surface area contributed by atoms with Crippen molar-refractivity contribution in [2.24, 2.45) is 22.5 Å². The van der Waals surface area contributed by atoms with E-state index in [1.165, 1.54) is 25.7 Å². The van der Waals surface area contributed by atoms with Gasteiger partial charge in [0.2, 0.25) is 0 Å². The van der Waals surface area contributed by atoms with Crippen molar-refractivity contribution in [3.05, 3.63) is 12.2 Å². The van der Waals surface area contributed by atoms with E-state index >= 15 is 0 Å². The van der Waals surface area contributed by atoms with Crippen molar-refractivity contribution in [1.29, 1.82) is 0 Å². The molecule has 1 fully saturated rings. The maximum Gasteiger partial charge on any atom is 0.138 e. The molecule has 2 rings (SSSR count). The molecule has 114 valence electrons. The second kappa shape index (κ2) is 5.84. The average Bonchev–Trinajstić information content (AvgIpc) is 2.79. The molecular formula is C16H30N4. The lowest BCUT2D eigenvalue weighted by Gasteiger charge is -2.43. The predicted octanol–water partition coefficient (Wildman–Crippen LogP) is 3.02. The summed E-state index contributed by atoms with van der Waals surface area (Å²) < 4.78 is 2.07. The number of aromatic nitrogens is 3. The Labute approximate surface area is 123 Å². The maximum absolute atomic E-state index is 6.14. The third-order valence-corrected chi connectivity index (χ3v) is 4.86. The highest BCUT2D eigenvalue weighted by Crippen LogP contribution is 2.45. The van der Waals surface area contributed by atoms with E-state index < -0.39 is 0 Å². The van der Waals surface area contributed by atoms with Crippen LogP contribution in [-0.4, -0.2) is 21.3 Å². The van der Waals surface area contributed by atoms with E-state index in [0.29, 0.717) is 11.3 Å². The molecule has 0 spiro atoms. The molecule has 0 unspecified atom stereocenters. The van der Waals surface area contributed by atoms with Gasteiger partial charge in [-0.2, -0.15) is 5.10 Å². The minimum Gasteiger partial charge on any atom is -0.330 e. The first-order valence-corrected chi connectivity index (χ1v) is 7.93. The predicted molar refractivity (Wildman–Crippen MR) is 82.3 cm³/mol. The maximum atomic E-state index is 6.14. The average molecular weight is 278 g/mol. The van der Waals surface area contributed by atoms with E-state index in [4.69, 9.17) is 5.73 Å². The standard InChI is InChI=1S/C16H30N4/c1-13(2)10-20-14(18-12-19-20)9-16(11-17)7-5-15(3,4)6-8-16/h12-13H,5-11,17H2,1-4H3. The van der Waals surface area contributed by atoms with Crippen molar-refractivity contribution in [2.75, 3.05) is 6.54 Å². The molecule has 1 aromatic heterocycles. The molecule has 0 aromatic carbocycles. The van der Waals surface area contributed by atoms with Crippen LogP contribution in [0.4, 0.5) is 0 Å². The highest BCUT2D eigenvalue weighted by atomic mass is 15.3. The van der Waals surface area contributed by atoms with Crippen LogP contribution in [0.25, 0.3) is 0 Å². The van der Waals surface area contributed by atoms with E-state index in [0.717, 1.165) is 25.3 Å². The van der Waals surface area contributed by atoms with Crippen LogP contribution in [-0.2, 0) is 13.0 Å². The lowest BCUT2D eigenvalue weighted by Crippen LogP contribution is -2.39. The van der Waals surface area contributed by atoms with Crippen LogP contribution in [0.2, 0.25) is 0 Å². The van der Waals surface area contributed by atoms with Gasteiger partial charge >= 0.3 is 0 Å². The zero-order chi connectivity index (χ0) is 14.8. The zero-order valence-corrected chi connectivity index (χ0v) is 13.5. The largest absolute Gasteiger partial charge is 0.330 e. The fourth-order valence-electron chi connectivity index (χ4n) is 3.17. The van der Waals surface area contributed by atoms with Gasteiger partial charge in [-0.1, -0.05) is 27.7 Å². The van der Waals surface area contributed by atoms with Crippen molar-refractivity contribution >= 4 is 0 Å². The van der Waals surface area contributed by atoms with E-state index in [2.05, 4.69) is 42.5 Å². The van der Waals surface area contributed by atoms with Crippen molar-refractivity contribution in [2.45, 2.75) is 66.3 Å². The van der Waals surface area contributed by atoms with Gasteiger partial charge in [-0.25, -0.2) is 9.67 Å². The number of nitrogens with zero attached hydrogens (tertiary/aromatic N) is 3. The summed E-state index contributed by atoms with van der Waals surface area (Å²) in [4.78, 5) is 4.49. The van der Waals surface area contributed by atoms with Gasteiger partial charge in [0.15, 0.2) is 0 Å². The van der Waals surface area contributed by atoms with Crippen LogP contribution in [0.1, 0.15) is 59.2 Å². The summed E-state index contributed by atoms with van der Waals surface area (Å²) in [6, 6.07) is 0. The normalized spacial score (nSPS) is 21.3. The summed E-state index contributed by atoms with van der Waals surface area (Å²) in [6.45, 7) is 10.9. The van der Waals surface area contributed by atoms with Crippen LogP contribution < -0.4 is 5.73 Å². The molecule has 1 aromatic rings. The van der Waals surface area contributed by atoms with Gasteiger partial charge in [-0.05, 0) is 49.0 Å². The van der Waals surface area contributed by atoms with Crippen molar-refractivity contribution in [1.82, 2.24) is 14.8 Å². The fraction of sp³-hybridized carbons (Fsp3) is 0.875. The Kier molecular flexibility index (Phi) is 4.52. The first-order valence-electron chi connectivity index (χ1n) is 7.93. The van der Waals surface area contributed by atoms with Gasteiger partial charge in [0.05, 0.1) is 0 Å². The van der Waals surface area contributed by atoms with Crippen LogP contribution in [0, 0.1) is 16.7 Å². The highest BCUT2D eigenvalue weighted by Gasteiger charge is 2.38. The molecule has 0 bridgehead atoms. The summed E-state index contributed by atoms with van der Waals surface area (Å²) >= 11 is 0. The summed E-state index contributed by atoms with van der Waals surface area (Å²) in [6.07, 6.45) is 7.63. The molecule has 0 aliphatic heterocycles. The lowest BCUT2D eigenvalue weighted by atomic mass is 9.64. The molecule has 20 heavy (non-hydrogen) atoms. The zero-order valence-electron chi connectivity index (χ0n) is 13.5. The summed E-state index contributed by atoms with van der Waals surface area (Å²) in [7, 11) is 0. The van der Waals surface area contributed by atoms with Crippen molar-refractivity contribution in [3.8, 4) is 0 Å². The third-order valence-electron chi connectivity index (χ3n) is 4.86. The lowest BCUT2D eigenvalue weighted by molar-refractivity contribution is 0.104. The first kappa shape index (κ1) is 15.5. The van der Waals surface area contributed by atoms with Gasteiger partial charge < -0.3 is 5.73 Å². The Morgan fingerprint density at radius 1 is 1.25 bits per heavy atom. The molecule has 4 heteroatoms. The molecule has 1 aliphatic carbocycles. The summed E-state index contributed by atoms with van der Waals surface area (Å²) in [5, 5.41) is 4.38. The van der Waals surface area contributed by atoms with Gasteiger partial charge in [0, 0.05) is 13.0 Å². The van der Waals surface area contributed by atoms with Gasteiger partial charge in [0.25, 0.3) is 0 Å². The Hall–Kier alpha value is -0.900. The van der Waals surface area contributed by atoms with Crippen LogP contribution in [0.15, 0.2) is 6.33 Å². The third kappa shape index (κ3) is 3.60. The van der Waals surface area contributed by atoms with E-state index in [9.17, 15) is 0 Å². The molecule has 1 aliphatic rings. The van der Waals surface area contributed by atoms with Crippen molar-refractivity contribution in [3.63, 3.8) is 0 Å². The molecular weight excluding hydrogens is 248 g/mol. The SMILES string of the molecule is CC(C)Cn1ncnc1CC1(CN)CCC(C)(C)CC1. The molecule has 0 atom stereocenters. The summed E-state index contributed by atoms with van der Waals surface area (Å²) in [5.74, 6) is 1.71. The van der Waals surface area contributed by atoms with Gasteiger partial charge in [-0.15, -0.1) is 0 Å². The topological polar surface area (TPSA) is 56.7 Å². The van der Waals surface area contributed by atoms with E-state index in [1.54, 1.807) is 6.33 Å². The van der Waals surface area contributed by atoms with Crippen molar-refractivity contribution < 1.29 is 0 Å². The number of rotatable bonds is 5. The molecule has 1 heterocycles. The van der Waals surface area contributed by atoms with Crippen LogP contribution in [0.3, 0.4) is 0 Å². The smallest absolute Gasteiger partial charge is 0.138 e. The molecule has 0 saturated heterocycles. The van der Waals surface area contributed by atoms with Gasteiger partial charge in [0.1, 0.15) is 12.2 Å². The number of hydrogen-bond donors (Lipinski definition) is 1. The van der Waals surface area contributed by atoms with Crippen LogP contribution >= 0.6 is 0 Å². The summed E-state index contributed by atoms with van der Waals surface area (Å²) in [5.41, 5.74) is 6.85. The van der Waals surface area contributed by atoms with E-state index in [1.807, 2.05) is 0 Å². The minimum absolute atomic E-state index is 0.233. The minimum atomic E-state index is 0.233. The number of hydrogen-bond acceptors (Lipinski definition) is 3. The monoisotopic (exact) mass is 278 g/mol. The highest BCUT2D eigenvalue weighted by molar-refractivity contribution is 4.98. The second-order valence-corrected chi connectivity index (χ2v) is 7.80. The van der Waals surface area contributed by atoms with Gasteiger partial charge in [-0.3, -0.25) is 0 Å². The van der Waals surface area contributed by atoms with E-state index in [-0.39, 0.29) is 5.41 Å². The van der Waals surface area contributed by atoms with Crippen LogP contribution in [0.5, 0.6) is 0 Å². The molecule has 2 N–H and O–H groups in total.